The Kier molecular flexibility index (Phi) is 4.76. The molecule has 0 aromatic heterocycles. The molecule has 0 atom stereocenters. The number of hydrogen-bond acceptors (Lipinski definition) is 3. The highest BCUT2D eigenvalue weighted by atomic mass is 16.4. The number of nitrogens with one attached hydrogen (secondary N) is 2. The molecule has 1 aromatic carbocycles. The molecule has 2 rings (SSSR count). The van der Waals surface area contributed by atoms with Gasteiger partial charge in [0, 0.05) is 19.5 Å². The van der Waals surface area contributed by atoms with Gasteiger partial charge in [-0.2, -0.15) is 0 Å². The molecular formula is C14H17N3O4. The summed E-state index contributed by atoms with van der Waals surface area (Å²) in [4.78, 5) is 35.5. The van der Waals surface area contributed by atoms with Crippen LogP contribution in [0.15, 0.2) is 24.3 Å². The zero-order chi connectivity index (χ0) is 15.2. The van der Waals surface area contributed by atoms with Crippen molar-refractivity contribution in [3.63, 3.8) is 0 Å². The average molecular weight is 291 g/mol. The van der Waals surface area contributed by atoms with Crippen LogP contribution in [0.25, 0.3) is 0 Å². The molecule has 0 spiro atoms. The lowest BCUT2D eigenvalue weighted by Gasteiger charge is -2.20. The summed E-state index contributed by atoms with van der Waals surface area (Å²) in [5, 5.41) is 13.6. The Hall–Kier alpha value is -2.57. The van der Waals surface area contributed by atoms with Crippen LogP contribution < -0.4 is 15.5 Å². The van der Waals surface area contributed by atoms with Crippen molar-refractivity contribution in [1.82, 2.24) is 5.32 Å². The highest BCUT2D eigenvalue weighted by Crippen LogP contribution is 2.29. The van der Waals surface area contributed by atoms with Crippen molar-refractivity contribution < 1.29 is 19.5 Å². The predicted molar refractivity (Wildman–Crippen MR) is 77.3 cm³/mol. The average Bonchev–Trinajstić information content (AvgIpc) is 2.85. The van der Waals surface area contributed by atoms with Crippen LogP contribution in [0.3, 0.4) is 0 Å². The Morgan fingerprint density at radius 1 is 1.29 bits per heavy atom. The standard InChI is InChI=1S/C14H17N3O4/c18-12-6-3-9-17(12)11-5-2-1-4-10(11)16-14(21)15-8-7-13(19)20/h1-2,4-5H,3,6-9H2,(H,19,20)(H2,15,16,21). The van der Waals surface area contributed by atoms with Gasteiger partial charge in [0.1, 0.15) is 0 Å². The first kappa shape index (κ1) is 14.8. The molecule has 1 saturated heterocycles. The molecule has 1 aromatic rings. The van der Waals surface area contributed by atoms with Crippen LogP contribution in [0.2, 0.25) is 0 Å². The third-order valence-corrected chi connectivity index (χ3v) is 3.14. The number of amides is 3. The van der Waals surface area contributed by atoms with E-state index in [-0.39, 0.29) is 18.9 Å². The molecule has 7 nitrogen and oxygen atoms in total. The van der Waals surface area contributed by atoms with Crippen LogP contribution >= 0.6 is 0 Å². The summed E-state index contributed by atoms with van der Waals surface area (Å²) < 4.78 is 0. The fraction of sp³-hybridized carbons (Fsp3) is 0.357. The predicted octanol–water partition coefficient (Wildman–Crippen LogP) is 1.41. The van der Waals surface area contributed by atoms with Crippen molar-refractivity contribution in [3.05, 3.63) is 24.3 Å². The van der Waals surface area contributed by atoms with Gasteiger partial charge < -0.3 is 20.6 Å². The molecule has 1 aliphatic rings. The van der Waals surface area contributed by atoms with Crippen molar-refractivity contribution in [2.75, 3.05) is 23.3 Å². The number of para-hydroxylation sites is 2. The van der Waals surface area contributed by atoms with Gasteiger partial charge in [0.15, 0.2) is 0 Å². The SMILES string of the molecule is O=C(O)CCNC(=O)Nc1ccccc1N1CCCC1=O. The number of rotatable bonds is 5. The van der Waals surface area contributed by atoms with E-state index >= 15 is 0 Å². The number of aliphatic carboxylic acids is 1. The smallest absolute Gasteiger partial charge is 0.319 e. The number of carbonyl (C=O) groups excluding carboxylic acids is 2. The highest BCUT2D eigenvalue weighted by Gasteiger charge is 2.24. The van der Waals surface area contributed by atoms with Gasteiger partial charge in [0.2, 0.25) is 5.91 Å². The molecule has 0 unspecified atom stereocenters. The first-order chi connectivity index (χ1) is 10.1. The molecule has 3 N–H and O–H groups in total. The van der Waals surface area contributed by atoms with E-state index in [4.69, 9.17) is 5.11 Å². The summed E-state index contributed by atoms with van der Waals surface area (Å²) in [6.45, 7) is 0.685. The van der Waals surface area contributed by atoms with Gasteiger partial charge >= 0.3 is 12.0 Å². The molecule has 7 heteroatoms. The lowest BCUT2D eigenvalue weighted by molar-refractivity contribution is -0.136. The highest BCUT2D eigenvalue weighted by molar-refractivity contribution is 6.01. The van der Waals surface area contributed by atoms with Crippen molar-refractivity contribution >= 4 is 29.3 Å². The molecule has 3 amide bonds. The molecule has 0 aliphatic carbocycles. The lowest BCUT2D eigenvalue weighted by atomic mass is 10.2. The van der Waals surface area contributed by atoms with E-state index in [0.29, 0.717) is 24.3 Å². The van der Waals surface area contributed by atoms with Crippen LogP contribution in [-0.2, 0) is 9.59 Å². The Morgan fingerprint density at radius 2 is 2.05 bits per heavy atom. The fourth-order valence-corrected chi connectivity index (χ4v) is 2.17. The van der Waals surface area contributed by atoms with E-state index in [1.165, 1.54) is 0 Å². The Labute approximate surface area is 121 Å². The molecule has 112 valence electrons. The number of anilines is 2. The van der Waals surface area contributed by atoms with Crippen LogP contribution in [-0.4, -0.2) is 36.1 Å². The van der Waals surface area contributed by atoms with E-state index in [1.54, 1.807) is 29.2 Å². The molecule has 1 fully saturated rings. The third kappa shape index (κ3) is 3.95. The number of nitrogens with zero attached hydrogens (tertiary/aromatic N) is 1. The Balaban J connectivity index is 2.01. The van der Waals surface area contributed by atoms with Crippen LogP contribution in [0.4, 0.5) is 16.2 Å². The van der Waals surface area contributed by atoms with Crippen molar-refractivity contribution in [1.29, 1.82) is 0 Å². The second-order valence-electron chi connectivity index (χ2n) is 4.69. The minimum atomic E-state index is -0.974. The first-order valence-electron chi connectivity index (χ1n) is 6.74. The number of carboxylic acids is 1. The molecular weight excluding hydrogens is 274 g/mol. The largest absolute Gasteiger partial charge is 0.481 e. The number of carboxylic acid groups (broad SMARTS) is 1. The quantitative estimate of drug-likeness (QED) is 0.763. The summed E-state index contributed by atoms with van der Waals surface area (Å²) >= 11 is 0. The molecule has 0 saturated carbocycles. The lowest BCUT2D eigenvalue weighted by Crippen LogP contribution is -2.32. The molecule has 1 aliphatic heterocycles. The molecule has 0 bridgehead atoms. The third-order valence-electron chi connectivity index (χ3n) is 3.14. The summed E-state index contributed by atoms with van der Waals surface area (Å²) in [5.74, 6) is -0.936. The van der Waals surface area contributed by atoms with E-state index in [9.17, 15) is 14.4 Å². The molecule has 1 heterocycles. The Morgan fingerprint density at radius 3 is 2.71 bits per heavy atom. The second kappa shape index (κ2) is 6.74. The minimum Gasteiger partial charge on any atom is -0.481 e. The maximum atomic E-state index is 11.8. The van der Waals surface area contributed by atoms with Gasteiger partial charge in [0.25, 0.3) is 0 Å². The van der Waals surface area contributed by atoms with Gasteiger partial charge in [-0.05, 0) is 18.6 Å². The van der Waals surface area contributed by atoms with E-state index < -0.39 is 12.0 Å². The Bertz CT molecular complexity index is 559. The number of carbonyl (C=O) groups is 3. The van der Waals surface area contributed by atoms with Crippen LogP contribution in [0.5, 0.6) is 0 Å². The number of hydrogen-bond donors (Lipinski definition) is 3. The number of benzene rings is 1. The first-order valence-corrected chi connectivity index (χ1v) is 6.74. The second-order valence-corrected chi connectivity index (χ2v) is 4.69. The van der Waals surface area contributed by atoms with Gasteiger partial charge in [-0.25, -0.2) is 4.79 Å². The van der Waals surface area contributed by atoms with E-state index in [1.807, 2.05) is 0 Å². The minimum absolute atomic E-state index is 0.0375. The number of urea groups is 1. The van der Waals surface area contributed by atoms with Crippen molar-refractivity contribution in [2.45, 2.75) is 19.3 Å². The monoisotopic (exact) mass is 291 g/mol. The van der Waals surface area contributed by atoms with E-state index in [2.05, 4.69) is 10.6 Å². The summed E-state index contributed by atoms with van der Waals surface area (Å²) in [6.07, 6.45) is 1.18. The van der Waals surface area contributed by atoms with Crippen LogP contribution in [0, 0.1) is 0 Å². The van der Waals surface area contributed by atoms with Crippen molar-refractivity contribution in [3.8, 4) is 0 Å². The maximum absolute atomic E-state index is 11.8. The van der Waals surface area contributed by atoms with Crippen LogP contribution in [0.1, 0.15) is 19.3 Å². The summed E-state index contributed by atoms with van der Waals surface area (Å²) in [7, 11) is 0. The zero-order valence-corrected chi connectivity index (χ0v) is 11.5. The molecule has 21 heavy (non-hydrogen) atoms. The van der Waals surface area contributed by atoms with Crippen molar-refractivity contribution in [2.24, 2.45) is 0 Å². The van der Waals surface area contributed by atoms with Gasteiger partial charge in [-0.15, -0.1) is 0 Å². The zero-order valence-electron chi connectivity index (χ0n) is 11.5. The summed E-state index contributed by atoms with van der Waals surface area (Å²) in [5.41, 5.74) is 1.19. The van der Waals surface area contributed by atoms with Gasteiger partial charge in [0.05, 0.1) is 17.8 Å². The van der Waals surface area contributed by atoms with Gasteiger partial charge in [-0.1, -0.05) is 12.1 Å². The van der Waals surface area contributed by atoms with Gasteiger partial charge in [-0.3, -0.25) is 9.59 Å². The fourth-order valence-electron chi connectivity index (χ4n) is 2.17. The molecule has 0 radical (unpaired) electrons. The van der Waals surface area contributed by atoms with E-state index in [0.717, 1.165) is 6.42 Å². The maximum Gasteiger partial charge on any atom is 0.319 e. The normalized spacial score (nSPS) is 14.1. The summed E-state index contributed by atoms with van der Waals surface area (Å²) in [6, 6.07) is 6.55. The topological polar surface area (TPSA) is 98.7 Å².